The van der Waals surface area contributed by atoms with Crippen LogP contribution in [0.5, 0.6) is 0 Å². The molecule has 2 unspecified atom stereocenters. The van der Waals surface area contributed by atoms with Gasteiger partial charge in [0.15, 0.2) is 0 Å². The largest absolute Gasteiger partial charge is 0.444 e. The van der Waals surface area contributed by atoms with Crippen molar-refractivity contribution in [1.29, 1.82) is 0 Å². The van der Waals surface area contributed by atoms with Crippen LogP contribution >= 0.6 is 27.7 Å². The number of thioether (sulfide) groups is 1. The van der Waals surface area contributed by atoms with E-state index in [0.29, 0.717) is 31.6 Å². The van der Waals surface area contributed by atoms with Crippen molar-refractivity contribution in [2.75, 3.05) is 30.0 Å². The maximum atomic E-state index is 12.8. The first-order chi connectivity index (χ1) is 24.0. The minimum absolute atomic E-state index is 0.175. The van der Waals surface area contributed by atoms with E-state index < -0.39 is 35.5 Å². The Hall–Kier alpha value is -4.03. The van der Waals surface area contributed by atoms with E-state index in [9.17, 15) is 19.2 Å². The number of amides is 4. The zero-order chi connectivity index (χ0) is 37.3. The van der Waals surface area contributed by atoms with Crippen LogP contribution in [0, 0.1) is 0 Å². The Bertz CT molecular complexity index is 1670. The summed E-state index contributed by atoms with van der Waals surface area (Å²) in [4.78, 5) is 54.1. The molecule has 2 aliphatic rings. The lowest BCUT2D eigenvalue weighted by atomic mass is 10.1. The molecule has 51 heavy (non-hydrogen) atoms. The lowest BCUT2D eigenvalue weighted by Crippen LogP contribution is -2.45. The summed E-state index contributed by atoms with van der Waals surface area (Å²) < 4.78 is 11.8. The molecule has 0 radical (unpaired) electrons. The van der Waals surface area contributed by atoms with E-state index in [1.807, 2.05) is 102 Å². The molecule has 0 spiro atoms. The van der Waals surface area contributed by atoms with E-state index in [1.165, 1.54) is 20.3 Å². The number of anilines is 2. The third-order valence-corrected chi connectivity index (χ3v) is 9.37. The van der Waals surface area contributed by atoms with Crippen LogP contribution in [0.2, 0.25) is 0 Å². The highest BCUT2D eigenvalue weighted by Gasteiger charge is 2.37. The molecule has 2 saturated heterocycles. The number of likely N-dealkylation sites (tertiary alicyclic amines) is 2. The summed E-state index contributed by atoms with van der Waals surface area (Å²) in [5.41, 5.74) is 2.56. The third kappa shape index (κ3) is 11.8. The first-order valence-electron chi connectivity index (χ1n) is 17.1. The van der Waals surface area contributed by atoms with Crippen molar-refractivity contribution in [3.8, 4) is 11.1 Å². The van der Waals surface area contributed by atoms with Gasteiger partial charge in [-0.2, -0.15) is 0 Å². The van der Waals surface area contributed by atoms with Gasteiger partial charge in [-0.25, -0.2) is 9.59 Å². The number of carbonyl (C=O) groups excluding carboxylic acids is 4. The molecule has 5 rings (SSSR count). The van der Waals surface area contributed by atoms with Crippen molar-refractivity contribution < 1.29 is 28.7 Å². The molecule has 12 heteroatoms. The number of carbonyl (C=O) groups is 4. The molecule has 0 aromatic heterocycles. The van der Waals surface area contributed by atoms with E-state index in [1.54, 1.807) is 11.8 Å². The van der Waals surface area contributed by atoms with Gasteiger partial charge in [0.2, 0.25) is 11.8 Å². The molecule has 2 heterocycles. The van der Waals surface area contributed by atoms with E-state index >= 15 is 0 Å². The Kier molecular flexibility index (Phi) is 13.6. The average Bonchev–Trinajstić information content (AvgIpc) is 3.76. The number of benzene rings is 3. The van der Waals surface area contributed by atoms with Gasteiger partial charge < -0.3 is 20.1 Å². The molecule has 10 nitrogen and oxygen atoms in total. The van der Waals surface area contributed by atoms with Crippen LogP contribution in [0.25, 0.3) is 11.1 Å². The summed E-state index contributed by atoms with van der Waals surface area (Å²) >= 11 is 5.06. The highest BCUT2D eigenvalue weighted by atomic mass is 79.9. The molecule has 2 atom stereocenters. The van der Waals surface area contributed by atoms with Crippen LogP contribution in [0.15, 0.2) is 82.2 Å². The van der Waals surface area contributed by atoms with Gasteiger partial charge in [-0.1, -0.05) is 46.3 Å². The maximum absolute atomic E-state index is 12.8. The Labute approximate surface area is 314 Å². The lowest BCUT2D eigenvalue weighted by Gasteiger charge is -2.28. The summed E-state index contributed by atoms with van der Waals surface area (Å²) in [7, 11) is 0. The van der Waals surface area contributed by atoms with Crippen molar-refractivity contribution in [1.82, 2.24) is 9.80 Å². The van der Waals surface area contributed by atoms with Crippen LogP contribution in [-0.4, -0.2) is 76.4 Å². The number of nitrogens with one attached hydrogen (secondary N) is 2. The number of ether oxygens (including phenoxy) is 2. The second-order valence-corrected chi connectivity index (χ2v) is 16.2. The smallest absolute Gasteiger partial charge is 0.410 e. The second-order valence-electron chi connectivity index (χ2n) is 14.4. The zero-order valence-electron chi connectivity index (χ0n) is 30.5. The summed E-state index contributed by atoms with van der Waals surface area (Å²) in [6, 6.07) is 22.4. The highest BCUT2D eigenvalue weighted by Crippen LogP contribution is 2.31. The summed E-state index contributed by atoms with van der Waals surface area (Å²) in [6.45, 7) is 12.0. The molecule has 0 saturated carbocycles. The fourth-order valence-corrected chi connectivity index (χ4v) is 6.64. The van der Waals surface area contributed by atoms with Gasteiger partial charge in [-0.15, -0.1) is 11.8 Å². The van der Waals surface area contributed by atoms with Gasteiger partial charge >= 0.3 is 12.2 Å². The number of rotatable bonds is 6. The van der Waals surface area contributed by atoms with Crippen LogP contribution in [0.1, 0.15) is 67.2 Å². The van der Waals surface area contributed by atoms with Crippen LogP contribution in [0.4, 0.5) is 21.0 Å². The minimum atomic E-state index is -0.580. The first kappa shape index (κ1) is 39.8. The van der Waals surface area contributed by atoms with E-state index in [-0.39, 0.29) is 11.8 Å². The SMILES string of the molecule is CC(C)(C)OC(=O)N1CCCC1C(=O)Nc1ccc(Br)cc1.CSc1ccccc1-c1ccc(NC(=O)C2CCCN2C(=O)OC(C)(C)C)cc1. The average molecular weight is 782 g/mol. The fraction of sp³-hybridized carbons (Fsp3) is 0.436. The molecule has 4 amide bonds. The van der Waals surface area contributed by atoms with Crippen LogP contribution < -0.4 is 10.6 Å². The second kappa shape index (κ2) is 17.5. The van der Waals surface area contributed by atoms with Crippen molar-refractivity contribution in [2.24, 2.45) is 0 Å². The quantitative estimate of drug-likeness (QED) is 0.240. The maximum Gasteiger partial charge on any atom is 0.410 e. The molecule has 2 fully saturated rings. The van der Waals surface area contributed by atoms with Crippen molar-refractivity contribution in [3.05, 3.63) is 77.3 Å². The molecule has 0 aliphatic carbocycles. The van der Waals surface area contributed by atoms with Crippen LogP contribution in [0.3, 0.4) is 0 Å². The van der Waals surface area contributed by atoms with Gasteiger partial charge in [0, 0.05) is 33.8 Å². The monoisotopic (exact) mass is 780 g/mol. The zero-order valence-corrected chi connectivity index (χ0v) is 32.9. The number of halogens is 1. The van der Waals surface area contributed by atoms with Crippen molar-refractivity contribution >= 4 is 63.1 Å². The Morgan fingerprint density at radius 3 is 1.55 bits per heavy atom. The molecule has 3 aromatic rings. The Morgan fingerprint density at radius 1 is 0.686 bits per heavy atom. The van der Waals surface area contributed by atoms with Gasteiger partial charge in [-0.3, -0.25) is 19.4 Å². The van der Waals surface area contributed by atoms with E-state index in [2.05, 4.69) is 45.0 Å². The number of nitrogens with zero attached hydrogens (tertiary/aromatic N) is 2. The molecule has 2 aliphatic heterocycles. The standard InChI is InChI=1S/C23H28N2O3S.C16H21BrN2O3/c1-23(2,3)28-22(27)25-15-7-9-19(25)21(26)24-17-13-11-16(12-14-17)18-8-5-6-10-20(18)29-4;1-16(2,3)22-15(21)19-10-4-5-13(19)14(20)18-12-8-6-11(17)7-9-12/h5-6,8,10-14,19H,7,9,15H2,1-4H3,(H,24,26);6-9,13H,4-5,10H2,1-3H3,(H,18,20). The van der Waals surface area contributed by atoms with E-state index in [4.69, 9.17) is 9.47 Å². The number of hydrogen-bond donors (Lipinski definition) is 2. The molecule has 0 bridgehead atoms. The molecule has 3 aromatic carbocycles. The highest BCUT2D eigenvalue weighted by molar-refractivity contribution is 9.10. The topological polar surface area (TPSA) is 117 Å². The Balaban J connectivity index is 0.000000238. The van der Waals surface area contributed by atoms with Gasteiger partial charge in [0.05, 0.1) is 0 Å². The molecule has 2 N–H and O–H groups in total. The van der Waals surface area contributed by atoms with Gasteiger partial charge in [-0.05, 0) is 127 Å². The summed E-state index contributed by atoms with van der Waals surface area (Å²) in [6.07, 6.45) is 4.09. The molecular formula is C39H49BrN4O6S. The normalized spacial score (nSPS) is 17.3. The number of hydrogen-bond acceptors (Lipinski definition) is 7. The predicted octanol–water partition coefficient (Wildman–Crippen LogP) is 9.20. The first-order valence-corrected chi connectivity index (χ1v) is 19.2. The minimum Gasteiger partial charge on any atom is -0.444 e. The van der Waals surface area contributed by atoms with Gasteiger partial charge in [0.25, 0.3) is 0 Å². The van der Waals surface area contributed by atoms with Crippen LogP contribution in [-0.2, 0) is 19.1 Å². The summed E-state index contributed by atoms with van der Waals surface area (Å²) in [5, 5.41) is 5.79. The lowest BCUT2D eigenvalue weighted by molar-refractivity contribution is -0.121. The fourth-order valence-electron chi connectivity index (χ4n) is 5.76. The molecule has 274 valence electrons. The predicted molar refractivity (Wildman–Crippen MR) is 207 cm³/mol. The van der Waals surface area contributed by atoms with E-state index in [0.717, 1.165) is 28.6 Å². The van der Waals surface area contributed by atoms with Crippen molar-refractivity contribution in [2.45, 2.75) is 95.4 Å². The molecular weight excluding hydrogens is 732 g/mol. The van der Waals surface area contributed by atoms with Crippen molar-refractivity contribution in [3.63, 3.8) is 0 Å². The Morgan fingerprint density at radius 2 is 1.12 bits per heavy atom. The third-order valence-electron chi connectivity index (χ3n) is 8.05. The summed E-state index contributed by atoms with van der Waals surface area (Å²) in [5.74, 6) is -0.351. The van der Waals surface area contributed by atoms with Gasteiger partial charge in [0.1, 0.15) is 23.3 Å².